The molecular formula is C16H19BrN2O3. The average molecular weight is 367 g/mol. The molecule has 0 spiro atoms. The molecule has 22 heavy (non-hydrogen) atoms. The number of nitrogens with zero attached hydrogens (tertiary/aromatic N) is 1. The summed E-state index contributed by atoms with van der Waals surface area (Å²) in [6, 6.07) is 6.99. The van der Waals surface area contributed by atoms with Crippen LogP contribution in [0, 0.1) is 6.92 Å². The molecule has 0 bridgehead atoms. The smallest absolute Gasteiger partial charge is 0.338 e. The summed E-state index contributed by atoms with van der Waals surface area (Å²) in [5, 5.41) is 3.26. The van der Waals surface area contributed by atoms with Crippen LogP contribution in [0.2, 0.25) is 0 Å². The van der Waals surface area contributed by atoms with Crippen molar-refractivity contribution in [2.45, 2.75) is 19.9 Å². The molecule has 1 heterocycles. The van der Waals surface area contributed by atoms with Crippen LogP contribution in [-0.2, 0) is 9.53 Å². The van der Waals surface area contributed by atoms with E-state index in [0.717, 1.165) is 11.1 Å². The van der Waals surface area contributed by atoms with Crippen molar-refractivity contribution in [1.82, 2.24) is 10.2 Å². The fourth-order valence-corrected chi connectivity index (χ4v) is 3.06. The standard InChI is InChI=1S/C16H19BrN2O3/c1-4-22-15(20)13-12(9-17)19(3)16(21)18-14(13)11-7-5-10(2)6-8-11/h5-8,14H,4,9H2,1-3H3,(H,18,21)/t14-/m0/s1. The minimum absolute atomic E-state index is 0.243. The topological polar surface area (TPSA) is 58.6 Å². The molecule has 1 N–H and O–H groups in total. The molecule has 1 aliphatic rings. The second-order valence-electron chi connectivity index (χ2n) is 5.07. The van der Waals surface area contributed by atoms with Crippen LogP contribution < -0.4 is 5.32 Å². The third-order valence-electron chi connectivity index (χ3n) is 3.61. The highest BCUT2D eigenvalue weighted by Gasteiger charge is 2.36. The molecule has 1 aromatic rings. The summed E-state index contributed by atoms with van der Waals surface area (Å²) in [6.45, 7) is 4.04. The Balaban J connectivity index is 2.53. The number of nitrogens with one attached hydrogen (secondary N) is 1. The highest BCUT2D eigenvalue weighted by Crippen LogP contribution is 2.31. The van der Waals surface area contributed by atoms with Gasteiger partial charge in [0.05, 0.1) is 18.2 Å². The number of alkyl halides is 1. The Morgan fingerprint density at radius 1 is 1.36 bits per heavy atom. The molecule has 5 nitrogen and oxygen atoms in total. The van der Waals surface area contributed by atoms with Gasteiger partial charge in [-0.2, -0.15) is 0 Å². The summed E-state index contributed by atoms with van der Waals surface area (Å²) in [6.07, 6.45) is 0. The van der Waals surface area contributed by atoms with E-state index in [9.17, 15) is 9.59 Å². The molecule has 0 saturated carbocycles. The number of carbonyl (C=O) groups is 2. The lowest BCUT2D eigenvalue weighted by Crippen LogP contribution is -2.47. The van der Waals surface area contributed by atoms with Gasteiger partial charge in [-0.3, -0.25) is 4.90 Å². The van der Waals surface area contributed by atoms with Crippen LogP contribution in [0.25, 0.3) is 0 Å². The minimum Gasteiger partial charge on any atom is -0.463 e. The number of esters is 1. The fourth-order valence-electron chi connectivity index (χ4n) is 2.38. The summed E-state index contributed by atoms with van der Waals surface area (Å²) >= 11 is 3.36. The van der Waals surface area contributed by atoms with Crippen LogP contribution in [0.15, 0.2) is 35.5 Å². The van der Waals surface area contributed by atoms with E-state index in [4.69, 9.17) is 4.74 Å². The van der Waals surface area contributed by atoms with E-state index in [-0.39, 0.29) is 12.6 Å². The second kappa shape index (κ2) is 6.96. The van der Waals surface area contributed by atoms with Crippen molar-refractivity contribution in [3.63, 3.8) is 0 Å². The maximum Gasteiger partial charge on any atom is 0.338 e. The first-order valence-electron chi connectivity index (χ1n) is 7.06. The van der Waals surface area contributed by atoms with Gasteiger partial charge in [0.15, 0.2) is 0 Å². The number of aryl methyl sites for hydroxylation is 1. The number of benzene rings is 1. The molecule has 0 unspecified atom stereocenters. The van der Waals surface area contributed by atoms with Crippen LogP contribution in [0.1, 0.15) is 24.1 Å². The van der Waals surface area contributed by atoms with E-state index in [0.29, 0.717) is 16.6 Å². The van der Waals surface area contributed by atoms with E-state index < -0.39 is 12.0 Å². The number of hydrogen-bond donors (Lipinski definition) is 1. The van der Waals surface area contributed by atoms with Crippen LogP contribution in [0.3, 0.4) is 0 Å². The summed E-state index contributed by atoms with van der Waals surface area (Å²) in [5.74, 6) is -0.408. The lowest BCUT2D eigenvalue weighted by Gasteiger charge is -2.34. The largest absolute Gasteiger partial charge is 0.463 e. The van der Waals surface area contributed by atoms with Crippen LogP contribution in [0.4, 0.5) is 4.79 Å². The number of rotatable bonds is 4. The zero-order valence-electron chi connectivity index (χ0n) is 12.9. The number of urea groups is 1. The number of hydrogen-bond acceptors (Lipinski definition) is 3. The number of carbonyl (C=O) groups excluding carboxylic acids is 2. The van der Waals surface area contributed by atoms with Crippen molar-refractivity contribution in [3.05, 3.63) is 46.7 Å². The zero-order valence-corrected chi connectivity index (χ0v) is 14.4. The Kier molecular flexibility index (Phi) is 5.24. The van der Waals surface area contributed by atoms with Gasteiger partial charge in [0, 0.05) is 18.1 Å². The normalized spacial score (nSPS) is 18.3. The third-order valence-corrected chi connectivity index (χ3v) is 4.14. The molecule has 0 fully saturated rings. The summed E-state index contributed by atoms with van der Waals surface area (Å²) in [4.78, 5) is 26.0. The Morgan fingerprint density at radius 2 is 2.00 bits per heavy atom. The Hall–Kier alpha value is -1.82. The van der Waals surface area contributed by atoms with Crippen molar-refractivity contribution >= 4 is 27.9 Å². The first kappa shape index (κ1) is 16.5. The predicted octanol–water partition coefficient (Wildman–Crippen LogP) is 2.90. The van der Waals surface area contributed by atoms with Crippen molar-refractivity contribution in [2.75, 3.05) is 19.0 Å². The Bertz CT molecular complexity index is 610. The molecule has 1 atom stereocenters. The maximum atomic E-state index is 12.4. The molecule has 0 saturated heterocycles. The van der Waals surface area contributed by atoms with Crippen LogP contribution in [0.5, 0.6) is 0 Å². The van der Waals surface area contributed by atoms with Gasteiger partial charge < -0.3 is 10.1 Å². The molecular weight excluding hydrogens is 348 g/mol. The van der Waals surface area contributed by atoms with E-state index in [1.807, 2.05) is 31.2 Å². The number of amides is 2. The molecule has 118 valence electrons. The van der Waals surface area contributed by atoms with Gasteiger partial charge in [0.2, 0.25) is 0 Å². The Morgan fingerprint density at radius 3 is 2.55 bits per heavy atom. The SMILES string of the molecule is CCOC(=O)C1=C(CBr)N(C)C(=O)N[C@H]1c1ccc(C)cc1. The highest BCUT2D eigenvalue weighted by atomic mass is 79.9. The molecule has 0 radical (unpaired) electrons. The number of ether oxygens (including phenoxy) is 1. The van der Waals surface area contributed by atoms with Gasteiger partial charge in [-0.15, -0.1) is 0 Å². The first-order valence-corrected chi connectivity index (χ1v) is 8.18. The van der Waals surface area contributed by atoms with Gasteiger partial charge in [0.25, 0.3) is 0 Å². The summed E-state index contributed by atoms with van der Waals surface area (Å²) in [7, 11) is 1.64. The third kappa shape index (κ3) is 3.16. The fraction of sp³-hybridized carbons (Fsp3) is 0.375. The Labute approximate surface area is 138 Å². The number of allylic oxidation sites excluding steroid dienone is 1. The zero-order chi connectivity index (χ0) is 16.3. The highest BCUT2D eigenvalue weighted by molar-refractivity contribution is 9.09. The molecule has 1 aliphatic heterocycles. The summed E-state index contributed by atoms with van der Waals surface area (Å²) in [5.41, 5.74) is 3.05. The lowest BCUT2D eigenvalue weighted by atomic mass is 9.94. The van der Waals surface area contributed by atoms with Crippen molar-refractivity contribution in [2.24, 2.45) is 0 Å². The van der Waals surface area contributed by atoms with E-state index >= 15 is 0 Å². The van der Waals surface area contributed by atoms with Gasteiger partial charge in [-0.1, -0.05) is 45.8 Å². The summed E-state index contributed by atoms with van der Waals surface area (Å²) < 4.78 is 5.18. The first-order chi connectivity index (χ1) is 10.5. The molecule has 1 aromatic carbocycles. The molecule has 0 aliphatic carbocycles. The average Bonchev–Trinajstić information content (AvgIpc) is 2.50. The van der Waals surface area contributed by atoms with Crippen molar-refractivity contribution in [1.29, 1.82) is 0 Å². The predicted molar refractivity (Wildman–Crippen MR) is 87.7 cm³/mol. The van der Waals surface area contributed by atoms with E-state index in [1.165, 1.54) is 4.90 Å². The van der Waals surface area contributed by atoms with Crippen LogP contribution >= 0.6 is 15.9 Å². The van der Waals surface area contributed by atoms with Gasteiger partial charge in [0.1, 0.15) is 0 Å². The molecule has 6 heteroatoms. The maximum absolute atomic E-state index is 12.4. The second-order valence-corrected chi connectivity index (χ2v) is 5.63. The van der Waals surface area contributed by atoms with Crippen LogP contribution in [-0.4, -0.2) is 35.9 Å². The van der Waals surface area contributed by atoms with Crippen molar-refractivity contribution < 1.29 is 14.3 Å². The molecule has 2 amide bonds. The van der Waals surface area contributed by atoms with E-state index in [2.05, 4.69) is 21.2 Å². The van der Waals surface area contributed by atoms with Gasteiger partial charge in [-0.25, -0.2) is 9.59 Å². The quantitative estimate of drug-likeness (QED) is 0.658. The van der Waals surface area contributed by atoms with Gasteiger partial charge >= 0.3 is 12.0 Å². The monoisotopic (exact) mass is 366 g/mol. The van der Waals surface area contributed by atoms with E-state index in [1.54, 1.807) is 14.0 Å². The lowest BCUT2D eigenvalue weighted by molar-refractivity contribution is -0.139. The minimum atomic E-state index is -0.504. The number of halogens is 1. The molecule has 2 rings (SSSR count). The molecule has 0 aromatic heterocycles. The van der Waals surface area contributed by atoms with Gasteiger partial charge in [-0.05, 0) is 19.4 Å². The van der Waals surface area contributed by atoms with Crippen molar-refractivity contribution in [3.8, 4) is 0 Å².